The summed E-state index contributed by atoms with van der Waals surface area (Å²) in [5.41, 5.74) is 2.12. The highest BCUT2D eigenvalue weighted by molar-refractivity contribution is 5.62. The molecule has 4 heteroatoms. The molecule has 1 fully saturated rings. The van der Waals surface area contributed by atoms with Crippen molar-refractivity contribution in [3.63, 3.8) is 0 Å². The van der Waals surface area contributed by atoms with Gasteiger partial charge in [-0.3, -0.25) is 0 Å². The summed E-state index contributed by atoms with van der Waals surface area (Å²) in [6.45, 7) is 4.55. The van der Waals surface area contributed by atoms with Crippen molar-refractivity contribution in [2.75, 3.05) is 25.1 Å². The van der Waals surface area contributed by atoms with Crippen LogP contribution in [0.25, 0.3) is 11.3 Å². The third-order valence-corrected chi connectivity index (χ3v) is 3.76. The third-order valence-electron chi connectivity index (χ3n) is 3.76. The van der Waals surface area contributed by atoms with Crippen molar-refractivity contribution < 1.29 is 4.74 Å². The molecular weight excluding hydrogens is 262 g/mol. The van der Waals surface area contributed by atoms with Crippen LogP contribution in [0.3, 0.4) is 0 Å². The number of nitrogens with one attached hydrogen (secondary N) is 1. The van der Waals surface area contributed by atoms with Crippen LogP contribution < -0.4 is 5.32 Å². The van der Waals surface area contributed by atoms with Crippen LogP contribution in [0.1, 0.15) is 31.5 Å². The highest BCUT2D eigenvalue weighted by Gasteiger charge is 2.20. The van der Waals surface area contributed by atoms with Gasteiger partial charge in [0.15, 0.2) is 0 Å². The molecule has 1 saturated heterocycles. The Morgan fingerprint density at radius 2 is 1.90 bits per heavy atom. The molecule has 21 heavy (non-hydrogen) atoms. The van der Waals surface area contributed by atoms with E-state index in [-0.39, 0.29) is 0 Å². The summed E-state index contributed by atoms with van der Waals surface area (Å²) >= 11 is 0. The predicted molar refractivity (Wildman–Crippen MR) is 84.4 cm³/mol. The van der Waals surface area contributed by atoms with Crippen molar-refractivity contribution in [3.05, 3.63) is 42.2 Å². The number of rotatable bonds is 4. The second kappa shape index (κ2) is 6.68. The molecular formula is C17H21N3O. The lowest BCUT2D eigenvalue weighted by atomic mass is 9.99. The molecule has 0 atom stereocenters. The van der Waals surface area contributed by atoms with Crippen molar-refractivity contribution in [2.45, 2.75) is 25.7 Å². The minimum atomic E-state index is 0.403. The monoisotopic (exact) mass is 283 g/mol. The lowest BCUT2D eigenvalue weighted by Crippen LogP contribution is -2.17. The van der Waals surface area contributed by atoms with E-state index in [0.29, 0.717) is 5.92 Å². The molecule has 0 unspecified atom stereocenters. The van der Waals surface area contributed by atoms with Gasteiger partial charge in [0.1, 0.15) is 11.6 Å². The second-order valence-electron chi connectivity index (χ2n) is 5.28. The largest absolute Gasteiger partial charge is 0.381 e. The molecule has 1 aromatic carbocycles. The Bertz CT molecular complexity index is 580. The number of aromatic nitrogens is 2. The van der Waals surface area contributed by atoms with Gasteiger partial charge >= 0.3 is 0 Å². The maximum Gasteiger partial charge on any atom is 0.134 e. The van der Waals surface area contributed by atoms with E-state index < -0.39 is 0 Å². The number of hydrogen-bond donors (Lipinski definition) is 1. The van der Waals surface area contributed by atoms with Crippen LogP contribution in [-0.4, -0.2) is 29.7 Å². The van der Waals surface area contributed by atoms with Gasteiger partial charge in [0.2, 0.25) is 0 Å². The fraction of sp³-hybridized carbons (Fsp3) is 0.412. The van der Waals surface area contributed by atoms with E-state index in [1.54, 1.807) is 0 Å². The molecule has 1 N–H and O–H groups in total. The van der Waals surface area contributed by atoms with E-state index in [1.165, 1.54) is 0 Å². The fourth-order valence-corrected chi connectivity index (χ4v) is 2.63. The molecule has 0 radical (unpaired) electrons. The Balaban J connectivity index is 1.97. The van der Waals surface area contributed by atoms with E-state index in [9.17, 15) is 0 Å². The predicted octanol–water partition coefficient (Wildman–Crippen LogP) is 3.47. The van der Waals surface area contributed by atoms with Crippen molar-refractivity contribution in [2.24, 2.45) is 0 Å². The van der Waals surface area contributed by atoms with Gasteiger partial charge in [-0.25, -0.2) is 9.97 Å². The molecule has 1 aliphatic rings. The molecule has 4 nitrogen and oxygen atoms in total. The molecule has 110 valence electrons. The van der Waals surface area contributed by atoms with Crippen LogP contribution in [0, 0.1) is 0 Å². The van der Waals surface area contributed by atoms with E-state index in [2.05, 4.69) is 24.4 Å². The maximum absolute atomic E-state index is 5.44. The van der Waals surface area contributed by atoms with Gasteiger partial charge in [0.05, 0.1) is 5.69 Å². The maximum atomic E-state index is 5.44. The zero-order valence-electron chi connectivity index (χ0n) is 12.4. The smallest absolute Gasteiger partial charge is 0.134 e. The first-order valence-electron chi connectivity index (χ1n) is 7.63. The van der Waals surface area contributed by atoms with Crippen molar-refractivity contribution >= 4 is 5.82 Å². The summed E-state index contributed by atoms with van der Waals surface area (Å²) in [6, 6.07) is 12.3. The standard InChI is InChI=1S/C17H21N3O/c1-2-18-16-12-15(13-6-4-3-5-7-13)19-17(20-16)14-8-10-21-11-9-14/h3-7,12,14H,2,8-11H2,1H3,(H,18,19,20). The lowest BCUT2D eigenvalue weighted by molar-refractivity contribution is 0.0836. The van der Waals surface area contributed by atoms with Gasteiger partial charge in [-0.2, -0.15) is 0 Å². The Hall–Kier alpha value is -1.94. The van der Waals surface area contributed by atoms with Crippen LogP contribution in [-0.2, 0) is 4.74 Å². The summed E-state index contributed by atoms with van der Waals surface area (Å²) in [4.78, 5) is 9.50. The van der Waals surface area contributed by atoms with E-state index in [0.717, 1.165) is 55.5 Å². The SMILES string of the molecule is CCNc1cc(-c2ccccc2)nc(C2CCOCC2)n1. The van der Waals surface area contributed by atoms with Gasteiger partial charge in [0.25, 0.3) is 0 Å². The summed E-state index contributed by atoms with van der Waals surface area (Å²) in [5, 5.41) is 3.31. The fourth-order valence-electron chi connectivity index (χ4n) is 2.63. The Kier molecular flexibility index (Phi) is 4.46. The van der Waals surface area contributed by atoms with Crippen molar-refractivity contribution in [3.8, 4) is 11.3 Å². The molecule has 2 heterocycles. The van der Waals surface area contributed by atoms with Gasteiger partial charge in [0, 0.05) is 37.3 Å². The van der Waals surface area contributed by atoms with Crippen molar-refractivity contribution in [1.29, 1.82) is 0 Å². The number of nitrogens with zero attached hydrogens (tertiary/aromatic N) is 2. The number of hydrogen-bond acceptors (Lipinski definition) is 4. The highest BCUT2D eigenvalue weighted by atomic mass is 16.5. The van der Waals surface area contributed by atoms with Crippen LogP contribution in [0.5, 0.6) is 0 Å². The molecule has 0 saturated carbocycles. The summed E-state index contributed by atoms with van der Waals surface area (Å²) in [6.07, 6.45) is 2.01. The summed E-state index contributed by atoms with van der Waals surface area (Å²) in [7, 11) is 0. The number of ether oxygens (including phenoxy) is 1. The first kappa shape index (κ1) is 14.0. The molecule has 0 bridgehead atoms. The molecule has 0 aliphatic carbocycles. The van der Waals surface area contributed by atoms with Gasteiger partial charge in [-0.15, -0.1) is 0 Å². The molecule has 0 amide bonds. The molecule has 3 rings (SSSR count). The first-order chi connectivity index (χ1) is 10.4. The Morgan fingerprint density at radius 3 is 2.62 bits per heavy atom. The molecule has 1 aromatic heterocycles. The van der Waals surface area contributed by atoms with E-state index >= 15 is 0 Å². The summed E-state index contributed by atoms with van der Waals surface area (Å²) in [5.74, 6) is 2.25. The van der Waals surface area contributed by atoms with Crippen LogP contribution in [0.15, 0.2) is 36.4 Å². The topological polar surface area (TPSA) is 47.0 Å². The van der Waals surface area contributed by atoms with Crippen molar-refractivity contribution in [1.82, 2.24) is 9.97 Å². The number of anilines is 1. The second-order valence-corrected chi connectivity index (χ2v) is 5.28. The normalized spacial score (nSPS) is 15.9. The van der Waals surface area contributed by atoms with Gasteiger partial charge in [-0.05, 0) is 19.8 Å². The molecule has 1 aliphatic heterocycles. The minimum Gasteiger partial charge on any atom is -0.381 e. The van der Waals surface area contributed by atoms with Crippen LogP contribution in [0.2, 0.25) is 0 Å². The van der Waals surface area contributed by atoms with Crippen LogP contribution in [0.4, 0.5) is 5.82 Å². The average Bonchev–Trinajstić information content (AvgIpc) is 2.56. The van der Waals surface area contributed by atoms with Crippen LogP contribution >= 0.6 is 0 Å². The quantitative estimate of drug-likeness (QED) is 0.933. The van der Waals surface area contributed by atoms with Gasteiger partial charge < -0.3 is 10.1 Å². The molecule has 2 aromatic rings. The number of benzene rings is 1. The van der Waals surface area contributed by atoms with E-state index in [4.69, 9.17) is 14.7 Å². The average molecular weight is 283 g/mol. The highest BCUT2D eigenvalue weighted by Crippen LogP contribution is 2.28. The minimum absolute atomic E-state index is 0.403. The zero-order chi connectivity index (χ0) is 14.5. The third kappa shape index (κ3) is 3.39. The van der Waals surface area contributed by atoms with E-state index in [1.807, 2.05) is 24.3 Å². The van der Waals surface area contributed by atoms with Gasteiger partial charge in [-0.1, -0.05) is 30.3 Å². The Labute approximate surface area is 125 Å². The molecule has 0 spiro atoms. The zero-order valence-corrected chi connectivity index (χ0v) is 12.4. The first-order valence-corrected chi connectivity index (χ1v) is 7.63. The summed E-state index contributed by atoms with van der Waals surface area (Å²) < 4.78 is 5.44. The Morgan fingerprint density at radius 1 is 1.14 bits per heavy atom. The lowest BCUT2D eigenvalue weighted by Gasteiger charge is -2.21.